The van der Waals surface area contributed by atoms with Crippen LogP contribution in [0.25, 0.3) is 0 Å². The number of benzene rings is 1. The predicted molar refractivity (Wildman–Crippen MR) is 80.0 cm³/mol. The normalized spacial score (nSPS) is 12.6. The van der Waals surface area contributed by atoms with E-state index in [1.54, 1.807) is 6.07 Å². The summed E-state index contributed by atoms with van der Waals surface area (Å²) in [4.78, 5) is 0. The van der Waals surface area contributed by atoms with Gasteiger partial charge in [-0.1, -0.05) is 42.3 Å². The predicted octanol–water partition coefficient (Wildman–Crippen LogP) is 4.98. The topological polar surface area (TPSA) is 25.2 Å². The molecule has 1 heterocycles. The lowest BCUT2D eigenvalue weighted by atomic mass is 10.0. The van der Waals surface area contributed by atoms with Gasteiger partial charge in [-0.3, -0.25) is 0 Å². The lowest BCUT2D eigenvalue weighted by Crippen LogP contribution is -2.23. The molecule has 4 heteroatoms. The summed E-state index contributed by atoms with van der Waals surface area (Å²) in [5, 5.41) is 4.58. The monoisotopic (exact) mass is 297 g/mol. The molecule has 0 bridgehead atoms. The molecular formula is C15H17Cl2NO. The zero-order valence-corrected chi connectivity index (χ0v) is 12.6. The average molecular weight is 298 g/mol. The largest absolute Gasteiger partial charge is 0.464 e. The first-order chi connectivity index (χ1) is 9.13. The summed E-state index contributed by atoms with van der Waals surface area (Å²) in [6.45, 7) is 4.93. The smallest absolute Gasteiger partial charge is 0.125 e. The van der Waals surface area contributed by atoms with Crippen LogP contribution in [-0.4, -0.2) is 6.54 Å². The van der Waals surface area contributed by atoms with Gasteiger partial charge in [-0.2, -0.15) is 0 Å². The van der Waals surface area contributed by atoms with Gasteiger partial charge in [0.15, 0.2) is 0 Å². The van der Waals surface area contributed by atoms with Crippen LogP contribution in [0, 0.1) is 6.92 Å². The highest BCUT2D eigenvalue weighted by Gasteiger charge is 2.20. The van der Waals surface area contributed by atoms with E-state index in [4.69, 9.17) is 27.6 Å². The van der Waals surface area contributed by atoms with Crippen LogP contribution < -0.4 is 5.32 Å². The average Bonchev–Trinajstić information content (AvgIpc) is 2.81. The number of rotatable bonds is 5. The number of nitrogens with one attached hydrogen (secondary N) is 1. The first-order valence-corrected chi connectivity index (χ1v) is 7.12. The maximum absolute atomic E-state index is 6.31. The Balaban J connectivity index is 2.39. The second kappa shape index (κ2) is 6.47. The van der Waals surface area contributed by atoms with E-state index in [0.717, 1.165) is 30.0 Å². The summed E-state index contributed by atoms with van der Waals surface area (Å²) in [5.41, 5.74) is 0.942. The van der Waals surface area contributed by atoms with Crippen molar-refractivity contribution in [3.63, 3.8) is 0 Å². The van der Waals surface area contributed by atoms with Crippen molar-refractivity contribution >= 4 is 23.2 Å². The summed E-state index contributed by atoms with van der Waals surface area (Å²) in [6, 6.07) is 9.52. The van der Waals surface area contributed by atoms with Crippen LogP contribution in [0.3, 0.4) is 0 Å². The van der Waals surface area contributed by atoms with Gasteiger partial charge in [0.1, 0.15) is 11.5 Å². The van der Waals surface area contributed by atoms with Crippen molar-refractivity contribution < 1.29 is 4.42 Å². The van der Waals surface area contributed by atoms with E-state index in [1.807, 2.05) is 31.2 Å². The van der Waals surface area contributed by atoms with Crippen LogP contribution in [0.1, 0.15) is 36.5 Å². The van der Waals surface area contributed by atoms with Crippen molar-refractivity contribution in [3.8, 4) is 0 Å². The maximum atomic E-state index is 6.31. The van der Waals surface area contributed by atoms with Gasteiger partial charge >= 0.3 is 0 Å². The van der Waals surface area contributed by atoms with Gasteiger partial charge in [-0.05, 0) is 43.7 Å². The Kier molecular flexibility index (Phi) is 4.92. The molecule has 0 spiro atoms. The summed E-state index contributed by atoms with van der Waals surface area (Å²) < 4.78 is 5.73. The lowest BCUT2D eigenvalue weighted by molar-refractivity contribution is 0.430. The van der Waals surface area contributed by atoms with Crippen molar-refractivity contribution in [2.45, 2.75) is 26.3 Å². The minimum Gasteiger partial charge on any atom is -0.464 e. The number of furan rings is 1. The molecule has 0 saturated carbocycles. The molecule has 0 aliphatic heterocycles. The SMILES string of the molecule is CCCNC(c1ccc(C)o1)c1cccc(Cl)c1Cl. The number of aryl methyl sites for hydroxylation is 1. The van der Waals surface area contributed by atoms with E-state index < -0.39 is 0 Å². The van der Waals surface area contributed by atoms with Gasteiger partial charge in [0.2, 0.25) is 0 Å². The van der Waals surface area contributed by atoms with Crippen molar-refractivity contribution in [1.29, 1.82) is 0 Å². The molecule has 0 aliphatic rings. The number of halogens is 2. The first kappa shape index (κ1) is 14.4. The first-order valence-electron chi connectivity index (χ1n) is 6.37. The van der Waals surface area contributed by atoms with E-state index in [2.05, 4.69) is 12.2 Å². The highest BCUT2D eigenvalue weighted by Crippen LogP contribution is 2.33. The van der Waals surface area contributed by atoms with E-state index in [1.165, 1.54) is 0 Å². The van der Waals surface area contributed by atoms with E-state index in [0.29, 0.717) is 10.0 Å². The van der Waals surface area contributed by atoms with Gasteiger partial charge < -0.3 is 9.73 Å². The van der Waals surface area contributed by atoms with Crippen molar-refractivity contribution in [2.24, 2.45) is 0 Å². The Labute approximate surface area is 123 Å². The highest BCUT2D eigenvalue weighted by molar-refractivity contribution is 6.42. The molecule has 2 aromatic rings. The minimum absolute atomic E-state index is 0.0696. The second-order valence-corrected chi connectivity index (χ2v) is 5.26. The van der Waals surface area contributed by atoms with Gasteiger partial charge in [0, 0.05) is 0 Å². The molecule has 1 aromatic heterocycles. The molecule has 1 aromatic carbocycles. The Bertz CT molecular complexity index is 551. The third-order valence-electron chi connectivity index (χ3n) is 2.94. The van der Waals surface area contributed by atoms with E-state index >= 15 is 0 Å². The summed E-state index contributed by atoms with van der Waals surface area (Å²) in [6.07, 6.45) is 1.04. The van der Waals surface area contributed by atoms with Crippen LogP contribution >= 0.6 is 23.2 Å². The third-order valence-corrected chi connectivity index (χ3v) is 3.77. The quantitative estimate of drug-likeness (QED) is 0.841. The van der Waals surface area contributed by atoms with Gasteiger partial charge in [0.25, 0.3) is 0 Å². The van der Waals surface area contributed by atoms with Gasteiger partial charge in [-0.15, -0.1) is 0 Å². The fraction of sp³-hybridized carbons (Fsp3) is 0.333. The Morgan fingerprint density at radius 1 is 1.21 bits per heavy atom. The second-order valence-electron chi connectivity index (χ2n) is 4.48. The van der Waals surface area contributed by atoms with Gasteiger partial charge in [0.05, 0.1) is 16.1 Å². The molecule has 2 rings (SSSR count). The molecule has 1 atom stereocenters. The molecule has 0 fully saturated rings. The van der Waals surface area contributed by atoms with E-state index in [-0.39, 0.29) is 6.04 Å². The molecule has 0 saturated heterocycles. The molecule has 19 heavy (non-hydrogen) atoms. The minimum atomic E-state index is -0.0696. The summed E-state index contributed by atoms with van der Waals surface area (Å²) >= 11 is 12.4. The van der Waals surface area contributed by atoms with Gasteiger partial charge in [-0.25, -0.2) is 0 Å². The molecule has 0 aliphatic carbocycles. The van der Waals surface area contributed by atoms with Crippen LogP contribution in [-0.2, 0) is 0 Å². The Morgan fingerprint density at radius 2 is 2.00 bits per heavy atom. The zero-order valence-electron chi connectivity index (χ0n) is 11.0. The summed E-state index contributed by atoms with van der Waals surface area (Å²) in [5.74, 6) is 1.74. The standard InChI is InChI=1S/C15H17Cl2NO/c1-3-9-18-15(13-8-7-10(2)19-13)11-5-4-6-12(16)14(11)17/h4-8,15,18H,3,9H2,1-2H3. The molecule has 1 N–H and O–H groups in total. The molecule has 0 amide bonds. The molecule has 2 nitrogen and oxygen atoms in total. The Hall–Kier alpha value is -0.960. The number of hydrogen-bond acceptors (Lipinski definition) is 2. The van der Waals surface area contributed by atoms with Crippen molar-refractivity contribution in [2.75, 3.05) is 6.54 Å². The fourth-order valence-corrected chi connectivity index (χ4v) is 2.42. The van der Waals surface area contributed by atoms with E-state index in [9.17, 15) is 0 Å². The van der Waals surface area contributed by atoms with Crippen LogP contribution in [0.4, 0.5) is 0 Å². The molecular weight excluding hydrogens is 281 g/mol. The Morgan fingerprint density at radius 3 is 2.63 bits per heavy atom. The van der Waals surface area contributed by atoms with Crippen molar-refractivity contribution in [1.82, 2.24) is 5.32 Å². The van der Waals surface area contributed by atoms with Crippen LogP contribution in [0.2, 0.25) is 10.0 Å². The molecule has 1 unspecified atom stereocenters. The zero-order chi connectivity index (χ0) is 13.8. The highest BCUT2D eigenvalue weighted by atomic mass is 35.5. The molecule has 102 valence electrons. The van der Waals surface area contributed by atoms with Crippen LogP contribution in [0.5, 0.6) is 0 Å². The van der Waals surface area contributed by atoms with Crippen LogP contribution in [0.15, 0.2) is 34.7 Å². The maximum Gasteiger partial charge on any atom is 0.125 e. The summed E-state index contributed by atoms with van der Waals surface area (Å²) in [7, 11) is 0. The fourth-order valence-electron chi connectivity index (χ4n) is 2.00. The number of hydrogen-bond donors (Lipinski definition) is 1. The lowest BCUT2D eigenvalue weighted by Gasteiger charge is -2.18. The third kappa shape index (κ3) is 3.33. The molecule has 0 radical (unpaired) electrons. The van der Waals surface area contributed by atoms with Crippen molar-refractivity contribution in [3.05, 3.63) is 57.5 Å².